The third-order valence-electron chi connectivity index (χ3n) is 4.98. The van der Waals surface area contributed by atoms with E-state index in [4.69, 9.17) is 5.73 Å². The van der Waals surface area contributed by atoms with E-state index in [-0.39, 0.29) is 11.7 Å². The van der Waals surface area contributed by atoms with Crippen LogP contribution in [0.5, 0.6) is 5.75 Å². The number of alkyl halides is 3. The molecule has 0 unspecified atom stereocenters. The monoisotopic (exact) mass is 421 g/mol. The van der Waals surface area contributed by atoms with Gasteiger partial charge in [0.1, 0.15) is 11.6 Å². The van der Waals surface area contributed by atoms with E-state index >= 15 is 0 Å². The van der Waals surface area contributed by atoms with Gasteiger partial charge in [0.05, 0.1) is 6.54 Å². The van der Waals surface area contributed by atoms with Gasteiger partial charge in [-0.15, -0.1) is 13.2 Å². The molecule has 162 valence electrons. The molecule has 0 amide bonds. The molecule has 1 aliphatic heterocycles. The highest BCUT2D eigenvalue weighted by Crippen LogP contribution is 2.23. The van der Waals surface area contributed by atoms with Crippen LogP contribution < -0.4 is 20.7 Å². The second kappa shape index (κ2) is 9.69. The van der Waals surface area contributed by atoms with Crippen LogP contribution in [0.2, 0.25) is 0 Å². The van der Waals surface area contributed by atoms with E-state index in [0.717, 1.165) is 36.0 Å². The summed E-state index contributed by atoms with van der Waals surface area (Å²) < 4.78 is 40.4. The van der Waals surface area contributed by atoms with Crippen molar-refractivity contribution in [2.45, 2.75) is 39.2 Å². The number of aliphatic imine (C=N–C) groups is 1. The summed E-state index contributed by atoms with van der Waals surface area (Å²) in [6, 6.07) is 9.59. The molecule has 0 bridgehead atoms. The molecule has 1 fully saturated rings. The van der Waals surface area contributed by atoms with Gasteiger partial charge in [0.2, 0.25) is 0 Å². The number of nitrogens with two attached hydrogens (primary N) is 1. The normalized spacial score (nSPS) is 15.9. The fourth-order valence-electron chi connectivity index (χ4n) is 3.17. The lowest BCUT2D eigenvalue weighted by Crippen LogP contribution is -2.33. The van der Waals surface area contributed by atoms with Crippen molar-refractivity contribution >= 4 is 11.8 Å². The summed E-state index contributed by atoms with van der Waals surface area (Å²) in [5.74, 6) is 1.75. The predicted octanol–water partition coefficient (Wildman–Crippen LogP) is 3.82. The number of hydrogen-bond acceptors (Lipinski definition) is 4. The van der Waals surface area contributed by atoms with Crippen molar-refractivity contribution in [2.75, 3.05) is 18.0 Å². The van der Waals surface area contributed by atoms with Crippen LogP contribution >= 0.6 is 0 Å². The number of nitrogens with zero attached hydrogens (tertiary/aromatic N) is 3. The Balaban J connectivity index is 1.46. The van der Waals surface area contributed by atoms with Gasteiger partial charge in [-0.05, 0) is 48.1 Å². The Morgan fingerprint density at radius 1 is 1.17 bits per heavy atom. The molecule has 30 heavy (non-hydrogen) atoms. The lowest BCUT2D eigenvalue weighted by atomic mass is 9.99. The summed E-state index contributed by atoms with van der Waals surface area (Å²) in [4.78, 5) is 11.1. The Bertz CT molecular complexity index is 829. The Kier molecular flexibility index (Phi) is 7.02. The van der Waals surface area contributed by atoms with Gasteiger partial charge < -0.3 is 20.7 Å². The number of aromatic nitrogens is 1. The van der Waals surface area contributed by atoms with Crippen molar-refractivity contribution in [1.82, 2.24) is 10.3 Å². The zero-order valence-electron chi connectivity index (χ0n) is 16.8. The Labute approximate surface area is 174 Å². The van der Waals surface area contributed by atoms with Crippen LogP contribution in [0, 0.1) is 5.92 Å². The maximum absolute atomic E-state index is 12.2. The van der Waals surface area contributed by atoms with Crippen molar-refractivity contribution in [3.63, 3.8) is 0 Å². The SMILES string of the molecule is CC1CCN(c2ccc(CN=C(N)NCc3ccc(OC(F)(F)F)cc3)cn2)CC1. The second-order valence-electron chi connectivity index (χ2n) is 7.44. The molecule has 0 aliphatic carbocycles. The summed E-state index contributed by atoms with van der Waals surface area (Å²) in [5.41, 5.74) is 7.58. The molecule has 1 aromatic carbocycles. The Morgan fingerprint density at radius 3 is 2.43 bits per heavy atom. The highest BCUT2D eigenvalue weighted by Gasteiger charge is 2.30. The minimum atomic E-state index is -4.70. The molecule has 1 aliphatic rings. The minimum Gasteiger partial charge on any atom is -0.406 e. The van der Waals surface area contributed by atoms with Gasteiger partial charge in [0.25, 0.3) is 0 Å². The molecular weight excluding hydrogens is 395 g/mol. The molecule has 2 aromatic rings. The first kappa shape index (κ1) is 21.7. The molecule has 2 heterocycles. The van der Waals surface area contributed by atoms with Crippen LogP contribution in [0.1, 0.15) is 30.9 Å². The van der Waals surface area contributed by atoms with E-state index < -0.39 is 6.36 Å². The first-order valence-corrected chi connectivity index (χ1v) is 9.87. The van der Waals surface area contributed by atoms with Crippen LogP contribution in [-0.2, 0) is 13.1 Å². The maximum Gasteiger partial charge on any atom is 0.573 e. The van der Waals surface area contributed by atoms with E-state index in [9.17, 15) is 13.2 Å². The van der Waals surface area contributed by atoms with Crippen LogP contribution in [0.25, 0.3) is 0 Å². The molecule has 1 aromatic heterocycles. The van der Waals surface area contributed by atoms with Crippen LogP contribution in [0.15, 0.2) is 47.6 Å². The number of piperidine rings is 1. The lowest BCUT2D eigenvalue weighted by molar-refractivity contribution is -0.274. The number of pyridine rings is 1. The number of hydrogen-bond donors (Lipinski definition) is 2. The minimum absolute atomic E-state index is 0.250. The van der Waals surface area contributed by atoms with Crippen molar-refractivity contribution < 1.29 is 17.9 Å². The fourth-order valence-corrected chi connectivity index (χ4v) is 3.17. The van der Waals surface area contributed by atoms with Gasteiger partial charge >= 0.3 is 6.36 Å². The number of nitrogens with one attached hydrogen (secondary N) is 1. The average Bonchev–Trinajstić information content (AvgIpc) is 2.72. The molecule has 0 saturated carbocycles. The largest absolute Gasteiger partial charge is 0.573 e. The zero-order chi connectivity index (χ0) is 21.6. The maximum atomic E-state index is 12.2. The first-order chi connectivity index (χ1) is 14.3. The highest BCUT2D eigenvalue weighted by molar-refractivity contribution is 5.77. The number of benzene rings is 1. The van der Waals surface area contributed by atoms with Crippen LogP contribution in [0.3, 0.4) is 0 Å². The number of rotatable bonds is 6. The summed E-state index contributed by atoms with van der Waals surface area (Å²) in [7, 11) is 0. The highest BCUT2D eigenvalue weighted by atomic mass is 19.4. The van der Waals surface area contributed by atoms with Crippen molar-refractivity contribution in [1.29, 1.82) is 0 Å². The van der Waals surface area contributed by atoms with Crippen molar-refractivity contribution in [2.24, 2.45) is 16.6 Å². The number of anilines is 1. The molecule has 9 heteroatoms. The van der Waals surface area contributed by atoms with Crippen LogP contribution in [-0.4, -0.2) is 30.4 Å². The van der Waals surface area contributed by atoms with Gasteiger partial charge in [-0.2, -0.15) is 0 Å². The quantitative estimate of drug-likeness (QED) is 0.548. The van der Waals surface area contributed by atoms with Crippen molar-refractivity contribution in [3.05, 3.63) is 53.7 Å². The molecule has 0 atom stereocenters. The molecule has 0 spiro atoms. The van der Waals surface area contributed by atoms with Gasteiger partial charge in [-0.25, -0.2) is 9.98 Å². The zero-order valence-corrected chi connectivity index (χ0v) is 16.8. The lowest BCUT2D eigenvalue weighted by Gasteiger charge is -2.31. The Hall–Kier alpha value is -2.97. The first-order valence-electron chi connectivity index (χ1n) is 9.87. The third-order valence-corrected chi connectivity index (χ3v) is 4.98. The number of ether oxygens (including phenoxy) is 1. The van der Waals surface area contributed by atoms with E-state index in [0.29, 0.717) is 13.1 Å². The molecule has 6 nitrogen and oxygen atoms in total. The number of halogens is 3. The summed E-state index contributed by atoms with van der Waals surface area (Å²) in [6.45, 7) is 5.08. The van der Waals surface area contributed by atoms with Gasteiger partial charge in [-0.1, -0.05) is 25.1 Å². The fraction of sp³-hybridized carbons (Fsp3) is 0.429. The average molecular weight is 421 g/mol. The van der Waals surface area contributed by atoms with Crippen LogP contribution in [0.4, 0.5) is 19.0 Å². The summed E-state index contributed by atoms with van der Waals surface area (Å²) in [5, 5.41) is 2.94. The molecular formula is C21H26F3N5O. The number of guanidine groups is 1. The smallest absolute Gasteiger partial charge is 0.406 e. The van der Waals surface area contributed by atoms with Gasteiger partial charge in [-0.3, -0.25) is 0 Å². The molecule has 1 saturated heterocycles. The van der Waals surface area contributed by atoms with Gasteiger partial charge in [0.15, 0.2) is 5.96 Å². The molecule has 0 radical (unpaired) electrons. The predicted molar refractivity (Wildman–Crippen MR) is 110 cm³/mol. The van der Waals surface area contributed by atoms with Gasteiger partial charge in [0, 0.05) is 25.8 Å². The van der Waals surface area contributed by atoms with E-state index in [1.807, 2.05) is 18.3 Å². The molecule has 3 rings (SSSR count). The Morgan fingerprint density at radius 2 is 1.83 bits per heavy atom. The summed E-state index contributed by atoms with van der Waals surface area (Å²) in [6.07, 6.45) is -0.512. The van der Waals surface area contributed by atoms with E-state index in [2.05, 4.69) is 31.9 Å². The van der Waals surface area contributed by atoms with E-state index in [1.165, 1.54) is 37.1 Å². The third kappa shape index (κ3) is 6.82. The summed E-state index contributed by atoms with van der Waals surface area (Å²) >= 11 is 0. The topological polar surface area (TPSA) is 75.8 Å². The van der Waals surface area contributed by atoms with E-state index in [1.54, 1.807) is 0 Å². The second-order valence-corrected chi connectivity index (χ2v) is 7.44. The van der Waals surface area contributed by atoms with Crippen molar-refractivity contribution in [3.8, 4) is 5.75 Å². The molecule has 3 N–H and O–H groups in total. The standard InChI is InChI=1S/C21H26F3N5O/c1-15-8-10-29(11-9-15)19-7-4-17(13-26-19)14-28-20(25)27-12-16-2-5-18(6-3-16)30-21(22,23)24/h2-7,13,15H,8-12,14H2,1H3,(H3,25,27,28).